The minimum Gasteiger partial charge on any atom is -0.618 e. The predicted octanol–water partition coefficient (Wildman–Crippen LogP) is 2.84. The molecule has 0 atom stereocenters. The van der Waals surface area contributed by atoms with E-state index in [0.29, 0.717) is 6.42 Å². The summed E-state index contributed by atoms with van der Waals surface area (Å²) in [4.78, 5) is 0. The largest absolute Gasteiger partial charge is 0.618 e. The Morgan fingerprint density at radius 2 is 1.71 bits per heavy atom. The summed E-state index contributed by atoms with van der Waals surface area (Å²) in [6.45, 7) is 6.14. The first-order chi connectivity index (χ1) is 8.06. The Hall–Kier alpha value is -1.83. The second-order valence-corrected chi connectivity index (χ2v) is 4.64. The van der Waals surface area contributed by atoms with Crippen LogP contribution in [0, 0.1) is 26.0 Å². The van der Waals surface area contributed by atoms with Gasteiger partial charge in [-0.3, -0.25) is 0 Å². The summed E-state index contributed by atoms with van der Waals surface area (Å²) >= 11 is 0. The number of hydrogen-bond donors (Lipinski definition) is 0. The molecular weight excluding hydrogens is 210 g/mol. The fraction of sp³-hybridized carbons (Fsp3) is 0.267. The Morgan fingerprint density at radius 3 is 2.29 bits per heavy atom. The number of hydrogen-bond acceptors (Lipinski definition) is 1. The van der Waals surface area contributed by atoms with Gasteiger partial charge in [0.2, 0.25) is 0 Å². The van der Waals surface area contributed by atoms with Crippen molar-refractivity contribution in [2.75, 3.05) is 0 Å². The molecule has 88 valence electrons. The van der Waals surface area contributed by atoms with Crippen LogP contribution in [-0.2, 0) is 6.42 Å². The Balaban J connectivity index is 2.38. The zero-order chi connectivity index (χ0) is 12.4. The van der Waals surface area contributed by atoms with Crippen molar-refractivity contribution in [3.8, 4) is 0 Å². The summed E-state index contributed by atoms with van der Waals surface area (Å²) in [7, 11) is 0. The van der Waals surface area contributed by atoms with Crippen LogP contribution in [0.4, 0.5) is 0 Å². The van der Waals surface area contributed by atoms with Crippen LogP contribution >= 0.6 is 0 Å². The normalized spacial score (nSPS) is 10.5. The molecule has 0 amide bonds. The number of aromatic nitrogens is 1. The van der Waals surface area contributed by atoms with Gasteiger partial charge in [0.15, 0.2) is 11.9 Å². The van der Waals surface area contributed by atoms with Gasteiger partial charge in [-0.15, -0.1) is 0 Å². The molecule has 0 aliphatic rings. The van der Waals surface area contributed by atoms with Gasteiger partial charge in [-0.1, -0.05) is 29.3 Å². The molecule has 2 heteroatoms. The minimum absolute atomic E-state index is 0.693. The third kappa shape index (κ3) is 2.64. The highest BCUT2D eigenvalue weighted by Gasteiger charge is 2.10. The molecule has 1 aromatic carbocycles. The third-order valence-electron chi connectivity index (χ3n) is 2.94. The van der Waals surface area contributed by atoms with Gasteiger partial charge in [-0.05, 0) is 32.4 Å². The number of aryl methyl sites for hydroxylation is 3. The molecule has 0 aliphatic carbocycles. The van der Waals surface area contributed by atoms with E-state index in [2.05, 4.69) is 32.0 Å². The number of pyridine rings is 1. The molecule has 0 spiro atoms. The molecule has 0 radical (unpaired) electrons. The maximum absolute atomic E-state index is 11.7. The molecule has 0 saturated carbocycles. The topological polar surface area (TPSA) is 26.9 Å². The Bertz CT molecular complexity index is 506. The zero-order valence-corrected chi connectivity index (χ0v) is 10.5. The molecule has 1 aromatic heterocycles. The smallest absolute Gasteiger partial charge is 0.200 e. The van der Waals surface area contributed by atoms with Gasteiger partial charge < -0.3 is 5.21 Å². The van der Waals surface area contributed by atoms with Crippen LogP contribution in [0.2, 0.25) is 0 Å². The van der Waals surface area contributed by atoms with Crippen molar-refractivity contribution in [1.29, 1.82) is 0 Å². The summed E-state index contributed by atoms with van der Waals surface area (Å²) in [5.74, 6) is 0. The van der Waals surface area contributed by atoms with E-state index in [1.165, 1.54) is 16.7 Å². The van der Waals surface area contributed by atoms with Crippen LogP contribution in [0.3, 0.4) is 0 Å². The maximum Gasteiger partial charge on any atom is 0.200 e. The lowest BCUT2D eigenvalue weighted by Crippen LogP contribution is -2.32. The molecule has 17 heavy (non-hydrogen) atoms. The van der Waals surface area contributed by atoms with Crippen LogP contribution in [-0.4, -0.2) is 0 Å². The van der Waals surface area contributed by atoms with Crippen molar-refractivity contribution >= 4 is 0 Å². The third-order valence-corrected chi connectivity index (χ3v) is 2.94. The summed E-state index contributed by atoms with van der Waals surface area (Å²) < 4.78 is 0.965. The van der Waals surface area contributed by atoms with Crippen molar-refractivity contribution in [3.05, 3.63) is 69.7 Å². The maximum atomic E-state index is 11.7. The summed E-state index contributed by atoms with van der Waals surface area (Å²) in [6, 6.07) is 10.2. The van der Waals surface area contributed by atoms with Crippen LogP contribution in [0.15, 0.2) is 36.5 Å². The quantitative estimate of drug-likeness (QED) is 0.572. The van der Waals surface area contributed by atoms with Crippen molar-refractivity contribution in [3.63, 3.8) is 0 Å². The van der Waals surface area contributed by atoms with Gasteiger partial charge in [-0.25, -0.2) is 0 Å². The minimum atomic E-state index is 0.693. The van der Waals surface area contributed by atoms with Gasteiger partial charge in [-0.2, -0.15) is 4.73 Å². The number of rotatable bonds is 2. The average Bonchev–Trinajstić information content (AvgIpc) is 2.22. The fourth-order valence-corrected chi connectivity index (χ4v) is 2.21. The van der Waals surface area contributed by atoms with E-state index in [-0.39, 0.29) is 0 Å². The lowest BCUT2D eigenvalue weighted by molar-refractivity contribution is -0.613. The first kappa shape index (κ1) is 11.6. The van der Waals surface area contributed by atoms with Gasteiger partial charge in [0, 0.05) is 11.6 Å². The zero-order valence-electron chi connectivity index (χ0n) is 10.5. The van der Waals surface area contributed by atoms with Crippen LogP contribution in [0.5, 0.6) is 0 Å². The van der Waals surface area contributed by atoms with Gasteiger partial charge in [0.05, 0.1) is 6.42 Å². The highest BCUT2D eigenvalue weighted by Crippen LogP contribution is 2.13. The monoisotopic (exact) mass is 227 g/mol. The van der Waals surface area contributed by atoms with E-state index in [0.717, 1.165) is 16.0 Å². The molecule has 2 aromatic rings. The molecule has 0 unspecified atom stereocenters. The molecule has 1 heterocycles. The summed E-state index contributed by atoms with van der Waals surface area (Å²) in [6.07, 6.45) is 2.25. The molecule has 0 bridgehead atoms. The standard InChI is InChI=1S/C15H17NO/c1-11-7-12(2)9-14(8-11)10-15-13(3)5-4-6-16(15)17/h4-9H,10H2,1-3H3. The second-order valence-electron chi connectivity index (χ2n) is 4.64. The van der Waals surface area contributed by atoms with Crippen molar-refractivity contribution < 1.29 is 4.73 Å². The molecule has 2 nitrogen and oxygen atoms in total. The van der Waals surface area contributed by atoms with Crippen molar-refractivity contribution in [2.24, 2.45) is 0 Å². The summed E-state index contributed by atoms with van der Waals surface area (Å²) in [5.41, 5.74) is 5.55. The Morgan fingerprint density at radius 1 is 1.06 bits per heavy atom. The van der Waals surface area contributed by atoms with E-state index in [1.54, 1.807) is 12.3 Å². The Labute approximate surface area is 102 Å². The van der Waals surface area contributed by atoms with E-state index >= 15 is 0 Å². The van der Waals surface area contributed by atoms with Gasteiger partial charge in [0.1, 0.15) is 0 Å². The van der Waals surface area contributed by atoms with Crippen LogP contribution in [0.1, 0.15) is 27.9 Å². The first-order valence-corrected chi connectivity index (χ1v) is 5.81. The second kappa shape index (κ2) is 4.58. The van der Waals surface area contributed by atoms with Crippen molar-refractivity contribution in [1.82, 2.24) is 0 Å². The van der Waals surface area contributed by atoms with E-state index in [1.807, 2.05) is 13.0 Å². The van der Waals surface area contributed by atoms with Gasteiger partial charge >= 0.3 is 0 Å². The first-order valence-electron chi connectivity index (χ1n) is 5.81. The lowest BCUT2D eigenvalue weighted by Gasteiger charge is -2.08. The number of nitrogens with zero attached hydrogens (tertiary/aromatic N) is 1. The average molecular weight is 227 g/mol. The predicted molar refractivity (Wildman–Crippen MR) is 68.9 cm³/mol. The van der Waals surface area contributed by atoms with Crippen molar-refractivity contribution in [2.45, 2.75) is 27.2 Å². The van der Waals surface area contributed by atoms with Crippen LogP contribution < -0.4 is 4.73 Å². The molecule has 0 N–H and O–H groups in total. The SMILES string of the molecule is Cc1cc(C)cc(Cc2c(C)ccc[n+]2[O-])c1. The van der Waals surface area contributed by atoms with E-state index < -0.39 is 0 Å². The Kier molecular flexibility index (Phi) is 3.14. The molecule has 0 saturated heterocycles. The lowest BCUT2D eigenvalue weighted by atomic mass is 10.0. The van der Waals surface area contributed by atoms with E-state index in [4.69, 9.17) is 0 Å². The molecule has 0 fully saturated rings. The van der Waals surface area contributed by atoms with Crippen LogP contribution in [0.25, 0.3) is 0 Å². The molecule has 0 aliphatic heterocycles. The highest BCUT2D eigenvalue weighted by molar-refractivity contribution is 5.31. The van der Waals surface area contributed by atoms with E-state index in [9.17, 15) is 5.21 Å². The summed E-state index contributed by atoms with van der Waals surface area (Å²) in [5, 5.41) is 11.7. The molecular formula is C15H17NO. The molecule has 2 rings (SSSR count). The highest BCUT2D eigenvalue weighted by atomic mass is 16.5. The fourth-order valence-electron chi connectivity index (χ4n) is 2.21. The van der Waals surface area contributed by atoms with Gasteiger partial charge in [0.25, 0.3) is 0 Å². The number of benzene rings is 1.